The summed E-state index contributed by atoms with van der Waals surface area (Å²) in [6.45, 7) is 28.5. The number of rotatable bonds is 0. The summed E-state index contributed by atoms with van der Waals surface area (Å²) in [5.41, 5.74) is 0. The van der Waals surface area contributed by atoms with Crippen molar-refractivity contribution in [3.05, 3.63) is 39.4 Å². The summed E-state index contributed by atoms with van der Waals surface area (Å²) in [6, 6.07) is 0. The molecule has 66 valence electrons. The summed E-state index contributed by atoms with van der Waals surface area (Å²) in [6.07, 6.45) is 0. The van der Waals surface area contributed by atoms with E-state index < -0.39 is 0 Å². The zero-order valence-electron chi connectivity index (χ0n) is 9.02. The first kappa shape index (κ1) is 113. The summed E-state index contributed by atoms with van der Waals surface area (Å²) < 4.78 is 0. The zero-order chi connectivity index (χ0) is 12.0. The average Bonchev–Trinajstić information content (AvgIpc) is 2.33. The molecule has 0 spiro atoms. The summed E-state index contributed by atoms with van der Waals surface area (Å²) >= 11 is 0. The van der Waals surface area contributed by atoms with Crippen LogP contribution in [0.4, 0.5) is 0 Å². The van der Waals surface area contributed by atoms with Crippen LogP contribution in [0.1, 0.15) is 0 Å². The smallest absolute Gasteiger partial charge is 0.512 e. The van der Waals surface area contributed by atoms with E-state index >= 15 is 0 Å². The predicted octanol–water partition coefficient (Wildman–Crippen LogP) is -8.41. The van der Waals surface area contributed by atoms with Crippen LogP contribution >= 0.6 is 0 Å². The Bertz CT molecular complexity index is 103. The SMILES string of the molecule is [C-]#N.[C-]#N.[C-]#N.[C-]#N.[C-]#N.[C-]#N.[Co+3].[Li+].[Li+].[Li+]. The van der Waals surface area contributed by atoms with Crippen molar-refractivity contribution in [2.45, 2.75) is 0 Å². The maximum atomic E-state index is 6.25. The molecule has 0 amide bonds. The summed E-state index contributed by atoms with van der Waals surface area (Å²) in [4.78, 5) is 0. The van der Waals surface area contributed by atoms with Crippen LogP contribution in [0.15, 0.2) is 0 Å². The van der Waals surface area contributed by atoms with E-state index in [-0.39, 0.29) is 73.4 Å². The molecule has 0 aliphatic heterocycles. The second kappa shape index (κ2) is 4310. The second-order valence-electron chi connectivity index (χ2n) is 0. The van der Waals surface area contributed by atoms with Gasteiger partial charge in [0.2, 0.25) is 0 Å². The molecule has 0 N–H and O–H groups in total. The molecule has 16 heavy (non-hydrogen) atoms. The predicted molar refractivity (Wildman–Crippen MR) is 29.8 cm³/mol. The first-order chi connectivity index (χ1) is 6.00. The summed E-state index contributed by atoms with van der Waals surface area (Å²) in [7, 11) is 0. The molecule has 0 aromatic heterocycles. The van der Waals surface area contributed by atoms with Crippen molar-refractivity contribution in [3.63, 3.8) is 0 Å². The second-order valence-corrected chi connectivity index (χ2v) is 0. The first-order valence-corrected chi connectivity index (χ1v) is 1.34. The van der Waals surface area contributed by atoms with Crippen molar-refractivity contribution in [3.8, 4) is 0 Å². The van der Waals surface area contributed by atoms with Gasteiger partial charge in [-0.25, -0.2) is 0 Å². The molecule has 0 saturated carbocycles. The van der Waals surface area contributed by atoms with Gasteiger partial charge in [-0.05, 0) is 0 Å². The van der Waals surface area contributed by atoms with Gasteiger partial charge in [-0.1, -0.05) is 0 Å². The van der Waals surface area contributed by atoms with Gasteiger partial charge in [0.1, 0.15) is 0 Å². The van der Waals surface area contributed by atoms with Gasteiger partial charge in [0.25, 0.3) is 0 Å². The molecule has 0 rings (SSSR count). The largest absolute Gasteiger partial charge is 3.00 e. The minimum Gasteiger partial charge on any atom is -0.512 e. The van der Waals surface area contributed by atoms with E-state index in [0.717, 1.165) is 0 Å². The van der Waals surface area contributed by atoms with E-state index in [1.165, 1.54) is 0 Å². The molecule has 0 aromatic carbocycles. The Kier molecular flexibility index (Phi) is 30300. The van der Waals surface area contributed by atoms with Gasteiger partial charge in [-0.15, -0.1) is 0 Å². The summed E-state index contributed by atoms with van der Waals surface area (Å²) in [5, 5.41) is 37.5. The molecule has 0 aromatic rings. The minimum atomic E-state index is 0. The number of hydrogen-bond donors (Lipinski definition) is 0. The molecule has 0 saturated heterocycles. The zero-order valence-corrected chi connectivity index (χ0v) is 10.1. The fourth-order valence-electron chi connectivity index (χ4n) is 0. The van der Waals surface area contributed by atoms with Gasteiger partial charge in [-0.2, -0.15) is 0 Å². The van der Waals surface area contributed by atoms with Gasteiger partial charge in [0.15, 0.2) is 0 Å². The molecule has 0 aliphatic rings. The maximum Gasteiger partial charge on any atom is 3.00 e. The first-order valence-electron chi connectivity index (χ1n) is 1.34. The van der Waals surface area contributed by atoms with Crippen LogP contribution < -0.4 is 56.6 Å². The van der Waals surface area contributed by atoms with Gasteiger partial charge in [0.05, 0.1) is 0 Å². The Morgan fingerprint density at radius 2 is 0.312 bits per heavy atom. The van der Waals surface area contributed by atoms with Crippen molar-refractivity contribution in [2.75, 3.05) is 0 Å². The Morgan fingerprint density at radius 3 is 0.312 bits per heavy atom. The number of nitrogens with zero attached hydrogens (tertiary/aromatic N) is 6. The monoisotopic (exact) mass is 236 g/mol. The van der Waals surface area contributed by atoms with Gasteiger partial charge in [-0.3, -0.25) is 0 Å². The third-order valence-corrected chi connectivity index (χ3v) is 0. The fourth-order valence-corrected chi connectivity index (χ4v) is 0. The molecule has 0 atom stereocenters. The maximum absolute atomic E-state index is 6.25. The van der Waals surface area contributed by atoms with Crippen LogP contribution in [0.2, 0.25) is 0 Å². The minimum absolute atomic E-state index is 0. The molecule has 6 nitrogen and oxygen atoms in total. The topological polar surface area (TPSA) is 143 Å². The van der Waals surface area contributed by atoms with E-state index in [1.54, 1.807) is 0 Å². The molecule has 0 fully saturated rings. The van der Waals surface area contributed by atoms with Gasteiger partial charge in [0, 0.05) is 0 Å². The Morgan fingerprint density at radius 1 is 0.312 bits per heavy atom. The normalized spacial score (nSPS) is 0.750. The average molecular weight is 236 g/mol. The van der Waals surface area contributed by atoms with Crippen LogP contribution in [-0.4, -0.2) is 0 Å². The van der Waals surface area contributed by atoms with Crippen LogP contribution in [0.25, 0.3) is 0 Å². The van der Waals surface area contributed by atoms with E-state index in [9.17, 15) is 0 Å². The van der Waals surface area contributed by atoms with Crippen LogP contribution in [0, 0.1) is 71.0 Å². The van der Waals surface area contributed by atoms with Crippen molar-refractivity contribution in [1.29, 1.82) is 31.6 Å². The van der Waals surface area contributed by atoms with Crippen LogP contribution in [-0.2, 0) is 16.8 Å². The fraction of sp³-hybridized carbons (Fsp3) is 0. The Labute approximate surface area is 143 Å². The van der Waals surface area contributed by atoms with Crippen molar-refractivity contribution in [1.82, 2.24) is 0 Å². The van der Waals surface area contributed by atoms with Crippen LogP contribution in [0.3, 0.4) is 0 Å². The molecule has 0 radical (unpaired) electrons. The summed E-state index contributed by atoms with van der Waals surface area (Å²) in [5.74, 6) is 0. The van der Waals surface area contributed by atoms with E-state index in [2.05, 4.69) is 0 Å². The van der Waals surface area contributed by atoms with Crippen LogP contribution in [0.5, 0.6) is 0 Å². The third kappa shape index (κ3) is 3420. The number of hydrogen-bond acceptors (Lipinski definition) is 6. The standard InChI is InChI=1S/6CN.Co.3Li/c6*1-2;;;;/q6*-1;+3;3*+1. The molecule has 0 bridgehead atoms. The molecular formula is C6CoLi3N6. The van der Waals surface area contributed by atoms with E-state index in [1.807, 2.05) is 0 Å². The Balaban J connectivity index is -0.00000000321. The van der Waals surface area contributed by atoms with Crippen molar-refractivity contribution >= 4 is 0 Å². The van der Waals surface area contributed by atoms with Gasteiger partial charge < -0.3 is 71.0 Å². The third-order valence-electron chi connectivity index (χ3n) is 0. The molecule has 0 heterocycles. The quantitative estimate of drug-likeness (QED) is 0.301. The van der Waals surface area contributed by atoms with Crippen molar-refractivity contribution < 1.29 is 73.4 Å². The molecule has 10 heteroatoms. The molecular weight excluding hydrogens is 236 g/mol. The Hall–Kier alpha value is -0.761. The molecule has 0 unspecified atom stereocenters. The molecule has 0 aliphatic carbocycles. The van der Waals surface area contributed by atoms with Crippen molar-refractivity contribution in [2.24, 2.45) is 0 Å². The van der Waals surface area contributed by atoms with Gasteiger partial charge >= 0.3 is 73.4 Å². The van der Waals surface area contributed by atoms with E-state index in [0.29, 0.717) is 0 Å². The van der Waals surface area contributed by atoms with E-state index in [4.69, 9.17) is 71.0 Å².